The Morgan fingerprint density at radius 3 is 2.55 bits per heavy atom. The third kappa shape index (κ3) is 2.45. The van der Waals surface area contributed by atoms with E-state index in [1.54, 1.807) is 24.3 Å². The highest BCUT2D eigenvalue weighted by Crippen LogP contribution is 2.26. The van der Waals surface area contributed by atoms with E-state index in [0.29, 0.717) is 16.9 Å². The van der Waals surface area contributed by atoms with Crippen molar-refractivity contribution in [1.29, 1.82) is 5.26 Å². The van der Waals surface area contributed by atoms with Gasteiger partial charge in [-0.25, -0.2) is 0 Å². The van der Waals surface area contributed by atoms with Crippen LogP contribution < -0.4 is 5.56 Å². The molecule has 0 saturated carbocycles. The molecule has 0 aliphatic carbocycles. The minimum atomic E-state index is -0.339. The van der Waals surface area contributed by atoms with E-state index in [-0.39, 0.29) is 11.2 Å². The molecule has 0 amide bonds. The quantitative estimate of drug-likeness (QED) is 0.725. The molecule has 22 heavy (non-hydrogen) atoms. The van der Waals surface area contributed by atoms with E-state index in [4.69, 9.17) is 5.26 Å². The van der Waals surface area contributed by atoms with Gasteiger partial charge in [0.05, 0.1) is 23.0 Å². The average Bonchev–Trinajstić information content (AvgIpc) is 3.11. The van der Waals surface area contributed by atoms with Gasteiger partial charge >= 0.3 is 0 Å². The molecule has 0 atom stereocenters. The van der Waals surface area contributed by atoms with Crippen LogP contribution >= 0.6 is 0 Å². The van der Waals surface area contributed by atoms with E-state index >= 15 is 0 Å². The Hall–Kier alpha value is -3.40. The second-order valence-electron chi connectivity index (χ2n) is 4.67. The molecule has 0 spiro atoms. The predicted molar refractivity (Wildman–Crippen MR) is 81.2 cm³/mol. The molecular formula is C15H12N6O. The molecule has 2 aromatic heterocycles. The number of azo groups is 1. The van der Waals surface area contributed by atoms with Gasteiger partial charge in [-0.05, 0) is 36.4 Å². The number of aromatic nitrogens is 3. The molecule has 0 aliphatic rings. The maximum absolute atomic E-state index is 11.9. The Bertz CT molecular complexity index is 920. The smallest absolute Gasteiger partial charge is 0.292 e. The first-order valence-electron chi connectivity index (χ1n) is 6.53. The van der Waals surface area contributed by atoms with Crippen molar-refractivity contribution in [3.05, 3.63) is 58.5 Å². The summed E-state index contributed by atoms with van der Waals surface area (Å²) < 4.78 is 1.87. The normalized spacial score (nSPS) is 10.9. The van der Waals surface area contributed by atoms with E-state index in [1.807, 2.05) is 36.0 Å². The number of nitriles is 1. The third-order valence-electron chi connectivity index (χ3n) is 3.21. The van der Waals surface area contributed by atoms with Gasteiger partial charge < -0.3 is 4.57 Å². The number of hydrogen-bond acceptors (Lipinski definition) is 4. The summed E-state index contributed by atoms with van der Waals surface area (Å²) in [6.45, 7) is 0. The van der Waals surface area contributed by atoms with Crippen LogP contribution in [-0.2, 0) is 7.05 Å². The van der Waals surface area contributed by atoms with Crippen LogP contribution in [0.4, 0.5) is 11.4 Å². The molecule has 2 heterocycles. The van der Waals surface area contributed by atoms with Crippen molar-refractivity contribution in [1.82, 2.24) is 14.8 Å². The van der Waals surface area contributed by atoms with Crippen molar-refractivity contribution in [3.63, 3.8) is 0 Å². The Morgan fingerprint density at radius 2 is 1.91 bits per heavy atom. The summed E-state index contributed by atoms with van der Waals surface area (Å²) in [5.74, 6) is 0. The minimum absolute atomic E-state index is 0.214. The van der Waals surface area contributed by atoms with Gasteiger partial charge in [0.25, 0.3) is 5.56 Å². The lowest BCUT2D eigenvalue weighted by Crippen LogP contribution is -1.96. The lowest BCUT2D eigenvalue weighted by Gasteiger charge is -2.00. The van der Waals surface area contributed by atoms with Crippen molar-refractivity contribution < 1.29 is 0 Å². The highest BCUT2D eigenvalue weighted by Gasteiger charge is 2.13. The number of nitrogens with zero attached hydrogens (tertiary/aromatic N) is 4. The number of aromatic amines is 2. The second kappa shape index (κ2) is 5.54. The van der Waals surface area contributed by atoms with Crippen LogP contribution in [0.1, 0.15) is 5.56 Å². The average molecular weight is 292 g/mol. The van der Waals surface area contributed by atoms with Crippen LogP contribution in [0.2, 0.25) is 0 Å². The fraction of sp³-hybridized carbons (Fsp3) is 0.0667. The molecule has 0 radical (unpaired) electrons. The van der Waals surface area contributed by atoms with Crippen molar-refractivity contribution in [3.8, 4) is 17.5 Å². The van der Waals surface area contributed by atoms with Crippen molar-refractivity contribution in [2.75, 3.05) is 0 Å². The first-order valence-corrected chi connectivity index (χ1v) is 6.53. The maximum Gasteiger partial charge on any atom is 0.292 e. The summed E-state index contributed by atoms with van der Waals surface area (Å²) in [5, 5.41) is 22.2. The Labute approximate surface area is 125 Å². The number of benzene rings is 1. The molecule has 3 rings (SSSR count). The van der Waals surface area contributed by atoms with Crippen molar-refractivity contribution >= 4 is 11.4 Å². The topological polar surface area (TPSA) is 102 Å². The lowest BCUT2D eigenvalue weighted by molar-refractivity contribution is 0.925. The Morgan fingerprint density at radius 1 is 1.14 bits per heavy atom. The monoisotopic (exact) mass is 292 g/mol. The first-order chi connectivity index (χ1) is 10.7. The predicted octanol–water partition coefficient (Wildman–Crippen LogP) is 3.00. The minimum Gasteiger partial charge on any atom is -0.349 e. The van der Waals surface area contributed by atoms with Crippen LogP contribution in [0, 0.1) is 11.3 Å². The zero-order valence-corrected chi connectivity index (χ0v) is 11.7. The van der Waals surface area contributed by atoms with Crippen LogP contribution in [0.15, 0.2) is 57.6 Å². The van der Waals surface area contributed by atoms with Gasteiger partial charge in [-0.1, -0.05) is 0 Å². The third-order valence-corrected chi connectivity index (χ3v) is 3.21. The molecule has 7 heteroatoms. The van der Waals surface area contributed by atoms with E-state index < -0.39 is 0 Å². The number of rotatable bonds is 3. The van der Waals surface area contributed by atoms with Gasteiger partial charge in [-0.3, -0.25) is 15.0 Å². The molecule has 0 fully saturated rings. The molecule has 108 valence electrons. The highest BCUT2D eigenvalue weighted by atomic mass is 16.1. The molecule has 0 bridgehead atoms. The van der Waals surface area contributed by atoms with E-state index in [1.165, 1.54) is 0 Å². The number of nitrogens with one attached hydrogen (secondary N) is 2. The zero-order valence-electron chi connectivity index (χ0n) is 11.7. The Kier molecular flexibility index (Phi) is 3.42. The van der Waals surface area contributed by atoms with Crippen molar-refractivity contribution in [2.24, 2.45) is 17.3 Å². The number of H-pyrrole nitrogens is 2. The van der Waals surface area contributed by atoms with Crippen LogP contribution in [0.25, 0.3) is 11.4 Å². The zero-order chi connectivity index (χ0) is 15.5. The summed E-state index contributed by atoms with van der Waals surface area (Å²) in [4.78, 5) is 11.9. The molecule has 3 aromatic rings. The van der Waals surface area contributed by atoms with Gasteiger partial charge in [0, 0.05) is 13.2 Å². The van der Waals surface area contributed by atoms with Crippen LogP contribution in [0.5, 0.6) is 0 Å². The van der Waals surface area contributed by atoms with Gasteiger partial charge in [0.1, 0.15) is 5.69 Å². The summed E-state index contributed by atoms with van der Waals surface area (Å²) in [7, 11) is 1.88. The SMILES string of the molecule is Cn1cccc1-c1[nH][nH]c(=O)c1N=Nc1ccc(C#N)cc1. The fourth-order valence-corrected chi connectivity index (χ4v) is 2.06. The van der Waals surface area contributed by atoms with E-state index in [0.717, 1.165) is 5.69 Å². The molecule has 1 aromatic carbocycles. The fourth-order valence-electron chi connectivity index (χ4n) is 2.06. The molecule has 0 unspecified atom stereocenters. The second-order valence-corrected chi connectivity index (χ2v) is 4.67. The number of hydrogen-bond donors (Lipinski definition) is 2. The van der Waals surface area contributed by atoms with Gasteiger partial charge in [0.15, 0.2) is 5.69 Å². The first kappa shape index (κ1) is 13.6. The summed E-state index contributed by atoms with van der Waals surface area (Å²) in [6.07, 6.45) is 1.88. The van der Waals surface area contributed by atoms with Gasteiger partial charge in [-0.15, -0.1) is 5.11 Å². The molecule has 2 N–H and O–H groups in total. The Balaban J connectivity index is 1.97. The molecule has 0 saturated heterocycles. The summed E-state index contributed by atoms with van der Waals surface area (Å²) >= 11 is 0. The molecular weight excluding hydrogens is 280 g/mol. The van der Waals surface area contributed by atoms with Crippen molar-refractivity contribution in [2.45, 2.75) is 0 Å². The molecule has 7 nitrogen and oxygen atoms in total. The van der Waals surface area contributed by atoms with Crippen LogP contribution in [0.3, 0.4) is 0 Å². The molecule has 0 aliphatic heterocycles. The standard InChI is InChI=1S/C15H12N6O/c1-21-8-2-3-12(21)13-14(15(22)20-18-13)19-17-11-6-4-10(9-16)5-7-11/h2-8H,1H3,(H2,18,20,22). The van der Waals surface area contributed by atoms with Crippen LogP contribution in [-0.4, -0.2) is 14.8 Å². The summed E-state index contributed by atoms with van der Waals surface area (Å²) in [6, 6.07) is 12.4. The van der Waals surface area contributed by atoms with E-state index in [2.05, 4.69) is 20.4 Å². The highest BCUT2D eigenvalue weighted by molar-refractivity contribution is 5.68. The number of aryl methyl sites for hydroxylation is 1. The van der Waals surface area contributed by atoms with Gasteiger partial charge in [0.2, 0.25) is 0 Å². The maximum atomic E-state index is 11.9. The lowest BCUT2D eigenvalue weighted by atomic mass is 10.2. The summed E-state index contributed by atoms with van der Waals surface area (Å²) in [5.41, 5.74) is 2.39. The van der Waals surface area contributed by atoms with Gasteiger partial charge in [-0.2, -0.15) is 10.4 Å². The van der Waals surface area contributed by atoms with E-state index in [9.17, 15) is 4.79 Å². The largest absolute Gasteiger partial charge is 0.349 e.